The first kappa shape index (κ1) is 25.9. The van der Waals surface area contributed by atoms with Gasteiger partial charge in [0.15, 0.2) is 5.78 Å². The lowest BCUT2D eigenvalue weighted by Crippen LogP contribution is -2.14. The van der Waals surface area contributed by atoms with Gasteiger partial charge in [-0.25, -0.2) is 0 Å². The molecule has 1 aromatic carbocycles. The molecule has 3 aromatic rings. The minimum atomic E-state index is -0.0655. The molecule has 0 aliphatic rings. The van der Waals surface area contributed by atoms with Gasteiger partial charge in [0.25, 0.3) is 11.1 Å². The molecule has 0 saturated carbocycles. The van der Waals surface area contributed by atoms with Crippen molar-refractivity contribution < 1.29 is 23.2 Å². The Bertz CT molecular complexity index is 1060. The molecule has 0 bridgehead atoms. The second kappa shape index (κ2) is 12.6. The summed E-state index contributed by atoms with van der Waals surface area (Å²) >= 11 is 1.18. The Kier molecular flexibility index (Phi) is 9.86. The van der Waals surface area contributed by atoms with Crippen molar-refractivity contribution in [2.45, 2.75) is 32.4 Å². The molecule has 0 atom stereocenters. The van der Waals surface area contributed by atoms with Crippen LogP contribution in [0.1, 0.15) is 36.4 Å². The van der Waals surface area contributed by atoms with Gasteiger partial charge in [0.1, 0.15) is 5.76 Å². The molecule has 1 N–H and O–H groups in total. The maximum absolute atomic E-state index is 12.4. The number of nitrogens with one attached hydrogen (secondary N) is 1. The van der Waals surface area contributed by atoms with E-state index in [-0.39, 0.29) is 17.4 Å². The summed E-state index contributed by atoms with van der Waals surface area (Å²) in [6, 6.07) is 8.60. The molecule has 2 heterocycles. The number of rotatable bonds is 9. The molecule has 9 nitrogen and oxygen atoms in total. The topological polar surface area (TPSA) is 119 Å². The quantitative estimate of drug-likeness (QED) is 0.278. The number of furan rings is 1. The first-order valence-corrected chi connectivity index (χ1v) is 11.2. The van der Waals surface area contributed by atoms with Crippen molar-refractivity contribution in [1.82, 2.24) is 15.1 Å². The first-order valence-electron chi connectivity index (χ1n) is 10.2. The molecule has 176 valence electrons. The maximum atomic E-state index is 12.4. The van der Waals surface area contributed by atoms with Crippen LogP contribution in [-0.2, 0) is 9.59 Å². The number of anilines is 1. The summed E-state index contributed by atoms with van der Waals surface area (Å²) in [5, 5.41) is 11.1. The molecule has 3 rings (SSSR count). The van der Waals surface area contributed by atoms with E-state index in [1.807, 2.05) is 20.8 Å². The normalized spacial score (nSPS) is 10.4. The molecule has 0 radical (unpaired) electrons. The van der Waals surface area contributed by atoms with Crippen LogP contribution in [0.3, 0.4) is 0 Å². The van der Waals surface area contributed by atoms with Crippen molar-refractivity contribution in [1.29, 1.82) is 0 Å². The number of hydrogen-bond donors (Lipinski definition) is 1. The van der Waals surface area contributed by atoms with E-state index in [1.54, 1.807) is 50.7 Å². The minimum Gasteiger partial charge on any atom is -0.469 e. The fourth-order valence-electron chi connectivity index (χ4n) is 2.52. The number of carbonyl (C=O) groups is 3. The third-order valence-corrected chi connectivity index (χ3v) is 4.94. The highest BCUT2D eigenvalue weighted by Crippen LogP contribution is 2.26. The van der Waals surface area contributed by atoms with Gasteiger partial charge in [-0.3, -0.25) is 14.4 Å². The predicted octanol–water partition coefficient (Wildman–Crippen LogP) is 4.30. The molecule has 2 aromatic heterocycles. The summed E-state index contributed by atoms with van der Waals surface area (Å²) in [7, 11) is 3.38. The molecule has 10 heteroatoms. The third-order valence-electron chi connectivity index (χ3n) is 4.12. The van der Waals surface area contributed by atoms with Crippen LogP contribution in [0.5, 0.6) is 0 Å². The fourth-order valence-corrected chi connectivity index (χ4v) is 3.17. The van der Waals surface area contributed by atoms with Crippen LogP contribution in [0, 0.1) is 12.8 Å². The van der Waals surface area contributed by atoms with Crippen LogP contribution in [-0.4, -0.2) is 53.0 Å². The molecule has 0 spiro atoms. The highest BCUT2D eigenvalue weighted by molar-refractivity contribution is 7.99. The molecule has 0 fully saturated rings. The average molecular weight is 473 g/mol. The average Bonchev–Trinajstić information content (AvgIpc) is 3.40. The number of benzene rings is 1. The number of nitrogens with zero attached hydrogens (tertiary/aromatic N) is 3. The summed E-state index contributed by atoms with van der Waals surface area (Å²) in [6.07, 6.45) is 2.77. The van der Waals surface area contributed by atoms with E-state index < -0.39 is 0 Å². The van der Waals surface area contributed by atoms with Gasteiger partial charge in [-0.05, 0) is 43.2 Å². The largest absolute Gasteiger partial charge is 0.469 e. The van der Waals surface area contributed by atoms with Crippen molar-refractivity contribution in [3.8, 4) is 11.5 Å². The summed E-state index contributed by atoms with van der Waals surface area (Å²) in [5.74, 6) is 1.42. The van der Waals surface area contributed by atoms with E-state index in [2.05, 4.69) is 15.5 Å². The number of ketones is 1. The van der Waals surface area contributed by atoms with E-state index in [9.17, 15) is 14.4 Å². The first-order chi connectivity index (χ1) is 15.7. The fraction of sp³-hybridized carbons (Fsp3) is 0.348. The number of hydrogen-bond acceptors (Lipinski definition) is 8. The second-order valence-electron chi connectivity index (χ2n) is 7.77. The Labute approximate surface area is 196 Å². The zero-order chi connectivity index (χ0) is 24.4. The van der Waals surface area contributed by atoms with Crippen LogP contribution in [0.15, 0.2) is 50.7 Å². The maximum Gasteiger partial charge on any atom is 0.277 e. The van der Waals surface area contributed by atoms with Crippen molar-refractivity contribution >= 4 is 35.5 Å². The number of aryl methyl sites for hydroxylation is 1. The highest BCUT2D eigenvalue weighted by atomic mass is 32.2. The Hall–Kier alpha value is -3.40. The molecule has 0 unspecified atom stereocenters. The monoisotopic (exact) mass is 472 g/mol. The van der Waals surface area contributed by atoms with Crippen LogP contribution in [0.2, 0.25) is 0 Å². The van der Waals surface area contributed by atoms with Gasteiger partial charge < -0.3 is 19.1 Å². The predicted molar refractivity (Wildman–Crippen MR) is 126 cm³/mol. The number of amides is 2. The standard InChI is InChI=1S/C20H21N3O4S.C3H7NO/c1-12(2)10-18(25)21-15-6-4-14(5-7-15)17(24)11-28-20-23-22-19(27-20)16-8-9-26-13(16)3;1-4(2)3-5/h4-9,12H,10-11H2,1-3H3,(H,21,25);3H,1-2H3. The van der Waals surface area contributed by atoms with E-state index in [1.165, 1.54) is 16.7 Å². The van der Waals surface area contributed by atoms with Crippen molar-refractivity contribution in [3.05, 3.63) is 47.9 Å². The lowest BCUT2D eigenvalue weighted by molar-refractivity contribution is -0.117. The molecule has 2 amide bonds. The van der Waals surface area contributed by atoms with Crippen molar-refractivity contribution in [2.24, 2.45) is 5.92 Å². The Morgan fingerprint density at radius 2 is 1.82 bits per heavy atom. The van der Waals surface area contributed by atoms with Crippen LogP contribution in [0.25, 0.3) is 11.5 Å². The number of aromatic nitrogens is 2. The lowest BCUT2D eigenvalue weighted by Gasteiger charge is -2.07. The number of carbonyl (C=O) groups excluding carboxylic acids is 3. The summed E-state index contributed by atoms with van der Waals surface area (Å²) in [5.41, 5.74) is 1.97. The van der Waals surface area contributed by atoms with Gasteiger partial charge in [-0.2, -0.15) is 0 Å². The minimum absolute atomic E-state index is 0.0373. The van der Waals surface area contributed by atoms with Crippen molar-refractivity contribution in [3.63, 3.8) is 0 Å². The highest BCUT2D eigenvalue weighted by Gasteiger charge is 2.15. The van der Waals surface area contributed by atoms with Crippen molar-refractivity contribution in [2.75, 3.05) is 25.2 Å². The molecular weight excluding hydrogens is 444 g/mol. The van der Waals surface area contributed by atoms with Gasteiger partial charge in [0.05, 0.1) is 17.6 Å². The van der Waals surface area contributed by atoms with Gasteiger partial charge in [-0.15, -0.1) is 10.2 Å². The van der Waals surface area contributed by atoms with Gasteiger partial charge >= 0.3 is 0 Å². The zero-order valence-electron chi connectivity index (χ0n) is 19.3. The molecular formula is C23H28N4O5S. The Balaban J connectivity index is 0.000000696. The Morgan fingerprint density at radius 3 is 2.36 bits per heavy atom. The molecule has 0 saturated heterocycles. The van der Waals surface area contributed by atoms with Crippen LogP contribution >= 0.6 is 11.8 Å². The van der Waals surface area contributed by atoms with Crippen LogP contribution in [0.4, 0.5) is 5.69 Å². The number of thioether (sulfide) groups is 1. The zero-order valence-corrected chi connectivity index (χ0v) is 20.1. The second-order valence-corrected chi connectivity index (χ2v) is 8.69. The van der Waals surface area contributed by atoms with E-state index in [4.69, 9.17) is 8.83 Å². The molecule has 0 aliphatic carbocycles. The van der Waals surface area contributed by atoms with E-state index >= 15 is 0 Å². The number of Topliss-reactive ketones (excluding diaryl/α,β-unsaturated/α-hetero) is 1. The van der Waals surface area contributed by atoms with E-state index in [0.717, 1.165) is 12.0 Å². The summed E-state index contributed by atoms with van der Waals surface area (Å²) in [4.78, 5) is 35.0. The third kappa shape index (κ3) is 8.57. The smallest absolute Gasteiger partial charge is 0.277 e. The SMILES string of the molecule is CN(C)C=O.Cc1occc1-c1nnc(SCC(=O)c2ccc(NC(=O)CC(C)C)cc2)o1. The van der Waals surface area contributed by atoms with E-state index in [0.29, 0.717) is 40.5 Å². The summed E-state index contributed by atoms with van der Waals surface area (Å²) in [6.45, 7) is 5.79. The van der Waals surface area contributed by atoms with Gasteiger partial charge in [0, 0.05) is 31.8 Å². The Morgan fingerprint density at radius 1 is 1.15 bits per heavy atom. The lowest BCUT2D eigenvalue weighted by atomic mass is 10.1. The molecule has 33 heavy (non-hydrogen) atoms. The summed E-state index contributed by atoms with van der Waals surface area (Å²) < 4.78 is 10.8. The van der Waals surface area contributed by atoms with Crippen LogP contribution < -0.4 is 5.32 Å². The van der Waals surface area contributed by atoms with Gasteiger partial charge in [-0.1, -0.05) is 25.6 Å². The van der Waals surface area contributed by atoms with Gasteiger partial charge in [0.2, 0.25) is 12.3 Å². The molecule has 0 aliphatic heterocycles.